The van der Waals surface area contributed by atoms with Gasteiger partial charge in [0.15, 0.2) is 6.10 Å². The lowest BCUT2D eigenvalue weighted by Gasteiger charge is -2.22. The first kappa shape index (κ1) is 20.1. The maximum atomic E-state index is 12.3. The molecule has 1 rings (SSSR count). The van der Waals surface area contributed by atoms with Gasteiger partial charge in [-0.15, -0.1) is 0 Å². The first-order valence-electron chi connectivity index (χ1n) is 7.59. The normalized spacial score (nSPS) is 12.8. The minimum absolute atomic E-state index is 0.421. The number of carbonyl (C=O) groups is 1. The number of benzene rings is 1. The number of urea groups is 1. The summed E-state index contributed by atoms with van der Waals surface area (Å²) in [5, 5.41) is 11.4. The predicted octanol–water partition coefficient (Wildman–Crippen LogP) is 3.50. The van der Waals surface area contributed by atoms with Crippen LogP contribution in [0.2, 0.25) is 0 Å². The summed E-state index contributed by atoms with van der Waals surface area (Å²) in [6.45, 7) is 3.93. The van der Waals surface area contributed by atoms with Crippen molar-refractivity contribution < 1.29 is 27.8 Å². The molecule has 136 valence electrons. The molecule has 8 heteroatoms. The van der Waals surface area contributed by atoms with Gasteiger partial charge in [-0.25, -0.2) is 4.79 Å². The number of ether oxygens (including phenoxy) is 1. The molecular weight excluding hydrogens is 325 g/mol. The van der Waals surface area contributed by atoms with Crippen molar-refractivity contribution in [3.8, 4) is 5.75 Å². The summed E-state index contributed by atoms with van der Waals surface area (Å²) in [5.74, 6) is 1.18. The van der Waals surface area contributed by atoms with E-state index in [2.05, 4.69) is 19.2 Å². The highest BCUT2D eigenvalue weighted by molar-refractivity contribution is 5.89. The molecule has 0 heterocycles. The summed E-state index contributed by atoms with van der Waals surface area (Å²) in [4.78, 5) is 12.6. The zero-order valence-corrected chi connectivity index (χ0v) is 13.9. The third-order valence-corrected chi connectivity index (χ3v) is 3.24. The molecule has 0 bridgehead atoms. The molecule has 5 nitrogen and oxygen atoms in total. The van der Waals surface area contributed by atoms with Crippen molar-refractivity contribution in [2.75, 3.05) is 25.5 Å². The van der Waals surface area contributed by atoms with E-state index in [1.165, 1.54) is 7.05 Å². The van der Waals surface area contributed by atoms with E-state index in [9.17, 15) is 18.0 Å². The Balaban J connectivity index is 2.49. The van der Waals surface area contributed by atoms with Crippen LogP contribution in [0.5, 0.6) is 5.75 Å². The Morgan fingerprint density at radius 3 is 2.38 bits per heavy atom. The monoisotopic (exact) mass is 348 g/mol. The number of carbonyl (C=O) groups excluding carboxylic acids is 1. The number of hydrogen-bond acceptors (Lipinski definition) is 3. The van der Waals surface area contributed by atoms with Gasteiger partial charge < -0.3 is 20.1 Å². The highest BCUT2D eigenvalue weighted by atomic mass is 19.4. The van der Waals surface area contributed by atoms with E-state index in [0.29, 0.717) is 24.0 Å². The average molecular weight is 348 g/mol. The Hall–Kier alpha value is -1.96. The molecular formula is C16H23F3N2O3. The van der Waals surface area contributed by atoms with Crippen LogP contribution in [-0.4, -0.2) is 48.5 Å². The molecule has 0 saturated carbocycles. The predicted molar refractivity (Wildman–Crippen MR) is 85.1 cm³/mol. The molecule has 0 aliphatic carbocycles. The first-order chi connectivity index (χ1) is 11.1. The molecule has 1 unspecified atom stereocenters. The molecule has 0 fully saturated rings. The highest BCUT2D eigenvalue weighted by Gasteiger charge is 2.39. The molecule has 0 saturated heterocycles. The summed E-state index contributed by atoms with van der Waals surface area (Å²) in [6.07, 6.45) is -6.42. The molecule has 0 aliphatic heterocycles. The number of nitrogens with one attached hydrogen (secondary N) is 1. The van der Waals surface area contributed by atoms with Gasteiger partial charge in [-0.1, -0.05) is 13.8 Å². The smallest absolute Gasteiger partial charge is 0.416 e. The average Bonchev–Trinajstić information content (AvgIpc) is 2.47. The van der Waals surface area contributed by atoms with Gasteiger partial charge in [-0.3, -0.25) is 0 Å². The summed E-state index contributed by atoms with van der Waals surface area (Å²) >= 11 is 0. The molecule has 24 heavy (non-hydrogen) atoms. The van der Waals surface area contributed by atoms with Gasteiger partial charge in [0.05, 0.1) is 13.2 Å². The second-order valence-electron chi connectivity index (χ2n) is 5.92. The molecule has 0 aromatic heterocycles. The van der Waals surface area contributed by atoms with Crippen molar-refractivity contribution in [2.45, 2.75) is 32.5 Å². The number of hydrogen-bond donors (Lipinski definition) is 2. The quantitative estimate of drug-likeness (QED) is 0.793. The van der Waals surface area contributed by atoms with Crippen molar-refractivity contribution in [3.63, 3.8) is 0 Å². The molecule has 1 aromatic rings. The Morgan fingerprint density at radius 2 is 1.88 bits per heavy atom. The Kier molecular flexibility index (Phi) is 7.34. The summed E-state index contributed by atoms with van der Waals surface area (Å²) < 4.78 is 42.4. The van der Waals surface area contributed by atoms with Gasteiger partial charge >= 0.3 is 12.2 Å². The molecule has 1 atom stereocenters. The van der Waals surface area contributed by atoms with E-state index in [1.54, 1.807) is 24.3 Å². The van der Waals surface area contributed by atoms with Gasteiger partial charge in [0, 0.05) is 12.7 Å². The first-order valence-corrected chi connectivity index (χ1v) is 7.59. The van der Waals surface area contributed by atoms with E-state index in [1.807, 2.05) is 0 Å². The second-order valence-corrected chi connectivity index (χ2v) is 5.92. The topological polar surface area (TPSA) is 61.8 Å². The van der Waals surface area contributed by atoms with Crippen molar-refractivity contribution in [3.05, 3.63) is 24.3 Å². The number of anilines is 1. The lowest BCUT2D eigenvalue weighted by atomic mass is 10.1. The van der Waals surface area contributed by atoms with Crippen LogP contribution in [-0.2, 0) is 0 Å². The number of nitrogens with zero attached hydrogens (tertiary/aromatic N) is 1. The van der Waals surface area contributed by atoms with E-state index in [-0.39, 0.29) is 0 Å². The summed E-state index contributed by atoms with van der Waals surface area (Å²) in [7, 11) is 1.17. The fourth-order valence-corrected chi connectivity index (χ4v) is 1.71. The Bertz CT molecular complexity index is 518. The standard InChI is InChI=1S/C16H23F3N2O3/c1-11(2)8-9-24-13-6-4-12(5-7-13)20-15(23)21(3)10-14(22)16(17,18)19/h4-7,11,14,22H,8-10H2,1-3H3,(H,20,23). The van der Waals surface area contributed by atoms with Crippen LogP contribution in [0.15, 0.2) is 24.3 Å². The fourth-order valence-electron chi connectivity index (χ4n) is 1.71. The zero-order chi connectivity index (χ0) is 18.3. The fraction of sp³-hybridized carbons (Fsp3) is 0.562. The van der Waals surface area contributed by atoms with Crippen molar-refractivity contribution in [2.24, 2.45) is 5.92 Å². The number of amides is 2. The van der Waals surface area contributed by atoms with Gasteiger partial charge in [0.2, 0.25) is 0 Å². The van der Waals surface area contributed by atoms with E-state index < -0.39 is 24.9 Å². The summed E-state index contributed by atoms with van der Waals surface area (Å²) in [5.41, 5.74) is 0.421. The highest BCUT2D eigenvalue weighted by Crippen LogP contribution is 2.21. The molecule has 2 N–H and O–H groups in total. The number of rotatable bonds is 7. The van der Waals surface area contributed by atoms with Crippen LogP contribution in [0.3, 0.4) is 0 Å². The number of likely N-dealkylation sites (N-methyl/N-ethyl adjacent to an activating group) is 1. The summed E-state index contributed by atoms with van der Waals surface area (Å²) in [6, 6.07) is 5.78. The number of alkyl halides is 3. The number of aliphatic hydroxyl groups excluding tert-OH is 1. The van der Waals surface area contributed by atoms with Gasteiger partial charge in [-0.2, -0.15) is 13.2 Å². The van der Waals surface area contributed by atoms with Crippen LogP contribution in [0.1, 0.15) is 20.3 Å². The maximum absolute atomic E-state index is 12.3. The molecule has 0 aliphatic rings. The van der Waals surface area contributed by atoms with Gasteiger partial charge in [0.25, 0.3) is 0 Å². The van der Waals surface area contributed by atoms with Crippen LogP contribution in [0.25, 0.3) is 0 Å². The molecule has 0 radical (unpaired) electrons. The minimum Gasteiger partial charge on any atom is -0.494 e. The van der Waals surface area contributed by atoms with Crippen LogP contribution >= 0.6 is 0 Å². The van der Waals surface area contributed by atoms with Crippen molar-refractivity contribution >= 4 is 11.7 Å². The van der Waals surface area contributed by atoms with E-state index in [0.717, 1.165) is 11.3 Å². The Labute approximate surface area is 139 Å². The maximum Gasteiger partial charge on any atom is 0.416 e. The zero-order valence-electron chi connectivity index (χ0n) is 13.9. The van der Waals surface area contributed by atoms with Gasteiger partial charge in [-0.05, 0) is 36.6 Å². The Morgan fingerprint density at radius 1 is 1.29 bits per heavy atom. The van der Waals surface area contributed by atoms with Gasteiger partial charge in [0.1, 0.15) is 5.75 Å². The van der Waals surface area contributed by atoms with E-state index in [4.69, 9.17) is 9.84 Å². The van der Waals surface area contributed by atoms with E-state index >= 15 is 0 Å². The lowest BCUT2D eigenvalue weighted by Crippen LogP contribution is -2.43. The van der Waals surface area contributed by atoms with Crippen LogP contribution in [0.4, 0.5) is 23.7 Å². The van der Waals surface area contributed by atoms with Crippen molar-refractivity contribution in [1.82, 2.24) is 4.90 Å². The number of halogens is 3. The molecule has 0 spiro atoms. The second kappa shape index (κ2) is 8.77. The molecule has 2 amide bonds. The SMILES string of the molecule is CC(C)CCOc1ccc(NC(=O)N(C)CC(O)C(F)(F)F)cc1. The van der Waals surface area contributed by atoms with Crippen molar-refractivity contribution in [1.29, 1.82) is 0 Å². The third-order valence-electron chi connectivity index (χ3n) is 3.24. The molecule has 1 aromatic carbocycles. The minimum atomic E-state index is -4.76. The lowest BCUT2D eigenvalue weighted by molar-refractivity contribution is -0.205. The third kappa shape index (κ3) is 7.08. The van der Waals surface area contributed by atoms with Crippen LogP contribution < -0.4 is 10.1 Å². The van der Waals surface area contributed by atoms with Crippen LogP contribution in [0, 0.1) is 5.92 Å². The number of aliphatic hydroxyl groups is 1. The largest absolute Gasteiger partial charge is 0.494 e.